The van der Waals surface area contributed by atoms with E-state index in [0.717, 1.165) is 10.8 Å². The van der Waals surface area contributed by atoms with Crippen molar-refractivity contribution >= 4 is 32.2 Å². The van der Waals surface area contributed by atoms with Crippen molar-refractivity contribution in [3.63, 3.8) is 0 Å². The Labute approximate surface area is 152 Å². The third-order valence-electron chi connectivity index (χ3n) is 3.98. The van der Waals surface area contributed by atoms with Crippen LogP contribution >= 0.6 is 0 Å². The zero-order valence-electron chi connectivity index (χ0n) is 14.3. The van der Waals surface area contributed by atoms with Crippen molar-refractivity contribution in [2.45, 2.75) is 5.75 Å². The average Bonchev–Trinajstić information content (AvgIpc) is 2.62. The van der Waals surface area contributed by atoms with E-state index in [9.17, 15) is 13.2 Å². The second-order valence-electron chi connectivity index (χ2n) is 5.95. The number of methoxy groups -OCH3 is 1. The molecule has 0 aliphatic heterocycles. The molecule has 0 fully saturated rings. The van der Waals surface area contributed by atoms with E-state index in [1.807, 2.05) is 36.4 Å². The van der Waals surface area contributed by atoms with Gasteiger partial charge in [0, 0.05) is 5.69 Å². The molecular formula is C20H19NO4S. The molecule has 0 atom stereocenters. The van der Waals surface area contributed by atoms with E-state index in [1.165, 1.54) is 0 Å². The topological polar surface area (TPSA) is 72.5 Å². The molecule has 5 nitrogen and oxygen atoms in total. The zero-order valence-corrected chi connectivity index (χ0v) is 15.1. The molecule has 1 amide bonds. The van der Waals surface area contributed by atoms with Crippen LogP contribution in [0.3, 0.4) is 0 Å². The number of nitrogens with one attached hydrogen (secondary N) is 1. The molecule has 0 aliphatic rings. The lowest BCUT2D eigenvalue weighted by Crippen LogP contribution is -2.24. The minimum Gasteiger partial charge on any atom is -0.497 e. The number of benzene rings is 3. The van der Waals surface area contributed by atoms with E-state index in [0.29, 0.717) is 17.0 Å². The molecule has 3 rings (SSSR count). The molecule has 134 valence electrons. The summed E-state index contributed by atoms with van der Waals surface area (Å²) in [4.78, 5) is 12.1. The van der Waals surface area contributed by atoms with Gasteiger partial charge in [0.15, 0.2) is 9.84 Å². The Balaban J connectivity index is 1.70. The van der Waals surface area contributed by atoms with Crippen molar-refractivity contribution in [1.29, 1.82) is 0 Å². The molecule has 0 unspecified atom stereocenters. The summed E-state index contributed by atoms with van der Waals surface area (Å²) < 4.78 is 30.0. The van der Waals surface area contributed by atoms with E-state index < -0.39 is 21.5 Å². The number of hydrogen-bond acceptors (Lipinski definition) is 4. The Bertz CT molecular complexity index is 1020. The first-order valence-electron chi connectivity index (χ1n) is 8.08. The third-order valence-corrected chi connectivity index (χ3v) is 5.43. The van der Waals surface area contributed by atoms with Crippen LogP contribution in [0.1, 0.15) is 5.56 Å². The third kappa shape index (κ3) is 4.40. The van der Waals surface area contributed by atoms with Gasteiger partial charge in [0.2, 0.25) is 5.91 Å². The van der Waals surface area contributed by atoms with Crippen molar-refractivity contribution in [2.24, 2.45) is 0 Å². The molecular weight excluding hydrogens is 350 g/mol. The Morgan fingerprint density at radius 3 is 2.38 bits per heavy atom. The van der Waals surface area contributed by atoms with Gasteiger partial charge >= 0.3 is 0 Å². The molecule has 0 saturated heterocycles. The van der Waals surface area contributed by atoms with Gasteiger partial charge in [-0.25, -0.2) is 8.42 Å². The molecule has 0 bridgehead atoms. The van der Waals surface area contributed by atoms with E-state index in [-0.39, 0.29) is 5.75 Å². The monoisotopic (exact) mass is 369 g/mol. The normalized spacial score (nSPS) is 11.3. The minimum atomic E-state index is -3.59. The van der Waals surface area contributed by atoms with Crippen LogP contribution < -0.4 is 10.1 Å². The highest BCUT2D eigenvalue weighted by Gasteiger charge is 2.18. The Hall–Kier alpha value is -2.86. The standard InChI is InChI=1S/C20H19NO4S/c1-25-18-11-9-17(10-12-18)21-20(22)14-26(23,24)13-16-7-4-6-15-5-2-3-8-19(15)16/h2-12H,13-14H2,1H3,(H,21,22). The Morgan fingerprint density at radius 1 is 0.962 bits per heavy atom. The van der Waals surface area contributed by atoms with E-state index in [2.05, 4.69) is 5.32 Å². The van der Waals surface area contributed by atoms with Crippen molar-refractivity contribution in [1.82, 2.24) is 0 Å². The van der Waals surface area contributed by atoms with Crippen LogP contribution in [0.2, 0.25) is 0 Å². The number of amides is 1. The summed E-state index contributed by atoms with van der Waals surface area (Å²) in [6.07, 6.45) is 0. The lowest BCUT2D eigenvalue weighted by molar-refractivity contribution is -0.113. The van der Waals surface area contributed by atoms with Crippen molar-refractivity contribution in [3.05, 3.63) is 72.3 Å². The fourth-order valence-corrected chi connectivity index (χ4v) is 4.08. The maximum Gasteiger partial charge on any atom is 0.239 e. The van der Waals surface area contributed by atoms with Crippen molar-refractivity contribution < 1.29 is 17.9 Å². The molecule has 6 heteroatoms. The first kappa shape index (κ1) is 17.9. The number of anilines is 1. The molecule has 1 N–H and O–H groups in total. The largest absolute Gasteiger partial charge is 0.497 e. The second-order valence-corrected chi connectivity index (χ2v) is 8.01. The van der Waals surface area contributed by atoms with Crippen LogP contribution in [-0.2, 0) is 20.4 Å². The first-order valence-corrected chi connectivity index (χ1v) is 9.90. The highest BCUT2D eigenvalue weighted by Crippen LogP contribution is 2.21. The summed E-state index contributed by atoms with van der Waals surface area (Å²) in [7, 11) is -2.05. The molecule has 26 heavy (non-hydrogen) atoms. The highest BCUT2D eigenvalue weighted by molar-refractivity contribution is 7.91. The Morgan fingerprint density at radius 2 is 1.65 bits per heavy atom. The van der Waals surface area contributed by atoms with Crippen LogP contribution in [0.4, 0.5) is 5.69 Å². The lowest BCUT2D eigenvalue weighted by Gasteiger charge is -2.09. The maximum absolute atomic E-state index is 12.5. The van der Waals surface area contributed by atoms with Crippen LogP contribution in [0.5, 0.6) is 5.75 Å². The number of rotatable bonds is 6. The first-order chi connectivity index (χ1) is 12.5. The molecule has 0 heterocycles. The zero-order chi connectivity index (χ0) is 18.6. The molecule has 0 aliphatic carbocycles. The van der Waals surface area contributed by atoms with Crippen LogP contribution in [-0.4, -0.2) is 27.2 Å². The predicted molar refractivity (Wildman–Crippen MR) is 103 cm³/mol. The highest BCUT2D eigenvalue weighted by atomic mass is 32.2. The molecule has 0 radical (unpaired) electrons. The van der Waals surface area contributed by atoms with Gasteiger partial charge in [-0.2, -0.15) is 0 Å². The fourth-order valence-electron chi connectivity index (χ4n) is 2.78. The fraction of sp³-hybridized carbons (Fsp3) is 0.150. The Kier molecular flexibility index (Phi) is 5.23. The lowest BCUT2D eigenvalue weighted by atomic mass is 10.1. The number of ether oxygens (including phenoxy) is 1. The SMILES string of the molecule is COc1ccc(NC(=O)CS(=O)(=O)Cc2cccc3ccccc23)cc1. The quantitative estimate of drug-likeness (QED) is 0.723. The number of fused-ring (bicyclic) bond motifs is 1. The number of carbonyl (C=O) groups excluding carboxylic acids is 1. The summed E-state index contributed by atoms with van der Waals surface area (Å²) in [5, 5.41) is 4.46. The smallest absolute Gasteiger partial charge is 0.239 e. The summed E-state index contributed by atoms with van der Waals surface area (Å²) in [5.74, 6) is -0.644. The molecule has 3 aromatic rings. The van der Waals surface area contributed by atoms with Gasteiger partial charge < -0.3 is 10.1 Å². The molecule has 0 saturated carbocycles. The summed E-state index contributed by atoms with van der Waals surface area (Å²) in [6.45, 7) is 0. The predicted octanol–water partition coefficient (Wildman–Crippen LogP) is 3.40. The van der Waals surface area contributed by atoms with Gasteiger partial charge in [-0.1, -0.05) is 42.5 Å². The van der Waals surface area contributed by atoms with Gasteiger partial charge in [0.25, 0.3) is 0 Å². The summed E-state index contributed by atoms with van der Waals surface area (Å²) >= 11 is 0. The molecule has 0 spiro atoms. The van der Waals surface area contributed by atoms with E-state index >= 15 is 0 Å². The molecule has 0 aromatic heterocycles. The number of carbonyl (C=O) groups is 1. The number of hydrogen-bond donors (Lipinski definition) is 1. The van der Waals surface area contributed by atoms with Crippen LogP contribution in [0.25, 0.3) is 10.8 Å². The number of sulfone groups is 1. The van der Waals surface area contributed by atoms with Gasteiger partial charge in [0.05, 0.1) is 12.9 Å². The second kappa shape index (κ2) is 7.58. The van der Waals surface area contributed by atoms with Gasteiger partial charge in [-0.05, 0) is 40.6 Å². The van der Waals surface area contributed by atoms with Crippen molar-refractivity contribution in [2.75, 3.05) is 18.2 Å². The van der Waals surface area contributed by atoms with Gasteiger partial charge in [-0.15, -0.1) is 0 Å². The van der Waals surface area contributed by atoms with Crippen LogP contribution in [0, 0.1) is 0 Å². The summed E-state index contributed by atoms with van der Waals surface area (Å²) in [6, 6.07) is 19.8. The summed E-state index contributed by atoms with van der Waals surface area (Å²) in [5.41, 5.74) is 1.22. The maximum atomic E-state index is 12.5. The van der Waals surface area contributed by atoms with Crippen molar-refractivity contribution in [3.8, 4) is 5.75 Å². The van der Waals surface area contributed by atoms with E-state index in [1.54, 1.807) is 37.4 Å². The van der Waals surface area contributed by atoms with E-state index in [4.69, 9.17) is 4.74 Å². The van der Waals surface area contributed by atoms with Gasteiger partial charge in [-0.3, -0.25) is 4.79 Å². The molecule has 3 aromatic carbocycles. The van der Waals surface area contributed by atoms with Gasteiger partial charge in [0.1, 0.15) is 11.5 Å². The minimum absolute atomic E-state index is 0.176. The van der Waals surface area contributed by atoms with Crippen LogP contribution in [0.15, 0.2) is 66.7 Å². The average molecular weight is 369 g/mol.